The number of benzene rings is 2. The molecule has 4 aromatic rings. The number of carbonyl (C=O) groups is 2. The molecule has 1 aliphatic heterocycles. The first-order valence-electron chi connectivity index (χ1n) is 11.1. The molecule has 1 aliphatic rings. The van der Waals surface area contributed by atoms with Crippen LogP contribution in [0.2, 0.25) is 0 Å². The van der Waals surface area contributed by atoms with E-state index < -0.39 is 5.97 Å². The highest BCUT2D eigenvalue weighted by molar-refractivity contribution is 6.10. The number of pyridine rings is 1. The third kappa shape index (κ3) is 3.75. The predicted molar refractivity (Wildman–Crippen MR) is 130 cm³/mol. The Balaban J connectivity index is 1.48. The van der Waals surface area contributed by atoms with Crippen molar-refractivity contribution in [2.45, 2.75) is 33.4 Å². The number of fused-ring (bicyclic) bond motifs is 1. The van der Waals surface area contributed by atoms with Gasteiger partial charge in [0.15, 0.2) is 5.82 Å². The lowest BCUT2D eigenvalue weighted by atomic mass is 9.97. The zero-order chi connectivity index (χ0) is 24.0. The van der Waals surface area contributed by atoms with E-state index in [-0.39, 0.29) is 17.5 Å². The van der Waals surface area contributed by atoms with Gasteiger partial charge in [-0.3, -0.25) is 9.69 Å². The van der Waals surface area contributed by atoms with E-state index in [0.29, 0.717) is 23.6 Å². The van der Waals surface area contributed by atoms with Crippen LogP contribution in [0.25, 0.3) is 22.6 Å². The summed E-state index contributed by atoms with van der Waals surface area (Å²) in [6, 6.07) is 16.7. The quantitative estimate of drug-likeness (QED) is 0.440. The van der Waals surface area contributed by atoms with Crippen molar-refractivity contribution in [2.75, 3.05) is 4.90 Å². The molecule has 1 amide bonds. The number of carboxylic acid groups (broad SMARTS) is 1. The number of aryl methyl sites for hydroxylation is 1. The molecule has 0 aliphatic carbocycles. The molecule has 0 atom stereocenters. The molecule has 7 heteroatoms. The average Bonchev–Trinajstić information content (AvgIpc) is 3.44. The van der Waals surface area contributed by atoms with Crippen LogP contribution in [0.1, 0.15) is 51.7 Å². The summed E-state index contributed by atoms with van der Waals surface area (Å²) in [5, 5.41) is 9.40. The van der Waals surface area contributed by atoms with Crippen LogP contribution in [0.5, 0.6) is 0 Å². The molecule has 0 saturated heterocycles. The van der Waals surface area contributed by atoms with E-state index in [0.717, 1.165) is 28.1 Å². The van der Waals surface area contributed by atoms with Gasteiger partial charge in [-0.25, -0.2) is 14.8 Å². The third-order valence-electron chi connectivity index (χ3n) is 6.04. The number of hydrogen-bond donors (Lipinski definition) is 1. The summed E-state index contributed by atoms with van der Waals surface area (Å²) in [5.74, 6) is 0.233. The molecule has 34 heavy (non-hydrogen) atoms. The highest BCUT2D eigenvalue weighted by atomic mass is 16.4. The second-order valence-corrected chi connectivity index (χ2v) is 8.79. The lowest BCUT2D eigenvalue weighted by Gasteiger charge is -2.16. The van der Waals surface area contributed by atoms with Gasteiger partial charge >= 0.3 is 5.97 Å². The second kappa shape index (κ2) is 8.26. The molecule has 3 heterocycles. The molecule has 5 rings (SSSR count). The van der Waals surface area contributed by atoms with Crippen molar-refractivity contribution in [2.24, 2.45) is 0 Å². The molecule has 2 aromatic carbocycles. The Morgan fingerprint density at radius 1 is 1.06 bits per heavy atom. The first-order chi connectivity index (χ1) is 16.3. The van der Waals surface area contributed by atoms with Gasteiger partial charge in [-0.15, -0.1) is 0 Å². The molecule has 0 radical (unpaired) electrons. The Morgan fingerprint density at radius 2 is 1.88 bits per heavy atom. The lowest BCUT2D eigenvalue weighted by molar-refractivity contribution is 0.0696. The van der Waals surface area contributed by atoms with Gasteiger partial charge in [0.1, 0.15) is 11.5 Å². The first kappa shape index (κ1) is 21.6. The van der Waals surface area contributed by atoms with Gasteiger partial charge in [0, 0.05) is 24.0 Å². The smallest absolute Gasteiger partial charge is 0.335 e. The summed E-state index contributed by atoms with van der Waals surface area (Å²) in [6.07, 6.45) is 3.68. The SMILES string of the molecule is Cc1cc(C(=O)O)cc(-c2ccc3c(c2)C(=O)N(c2cccc(-c4nccn4C(C)C)n2)C3)c1. The van der Waals surface area contributed by atoms with Crippen LogP contribution in [0.4, 0.5) is 5.82 Å². The molecule has 0 saturated carbocycles. The molecule has 0 spiro atoms. The Kier molecular flexibility index (Phi) is 5.24. The molecule has 7 nitrogen and oxygen atoms in total. The van der Waals surface area contributed by atoms with Crippen LogP contribution >= 0.6 is 0 Å². The number of carbonyl (C=O) groups excluding carboxylic acids is 1. The number of nitrogens with zero attached hydrogens (tertiary/aromatic N) is 4. The minimum absolute atomic E-state index is 0.125. The van der Waals surface area contributed by atoms with Gasteiger partial charge in [-0.2, -0.15) is 0 Å². The van der Waals surface area contributed by atoms with Gasteiger partial charge in [0.05, 0.1) is 12.1 Å². The van der Waals surface area contributed by atoms with Crippen molar-refractivity contribution in [3.8, 4) is 22.6 Å². The molecule has 2 aromatic heterocycles. The molecular weight excluding hydrogens is 428 g/mol. The number of imidazole rings is 1. The number of carboxylic acids is 1. The van der Waals surface area contributed by atoms with Crippen molar-refractivity contribution in [1.82, 2.24) is 14.5 Å². The van der Waals surface area contributed by atoms with Crippen molar-refractivity contribution < 1.29 is 14.7 Å². The minimum Gasteiger partial charge on any atom is -0.478 e. The second-order valence-electron chi connectivity index (χ2n) is 8.79. The molecule has 0 bridgehead atoms. The van der Waals surface area contributed by atoms with E-state index in [4.69, 9.17) is 4.98 Å². The summed E-state index contributed by atoms with van der Waals surface area (Å²) in [5.41, 5.74) is 4.88. The molecule has 1 N–H and O–H groups in total. The summed E-state index contributed by atoms with van der Waals surface area (Å²) < 4.78 is 2.05. The first-order valence-corrected chi connectivity index (χ1v) is 11.1. The van der Waals surface area contributed by atoms with Crippen LogP contribution in [0.15, 0.2) is 67.0 Å². The van der Waals surface area contributed by atoms with E-state index in [2.05, 4.69) is 18.8 Å². The van der Waals surface area contributed by atoms with Gasteiger partial charge in [0.25, 0.3) is 5.91 Å². The fourth-order valence-electron chi connectivity index (χ4n) is 4.37. The van der Waals surface area contributed by atoms with E-state index in [1.807, 2.05) is 60.2 Å². The standard InChI is InChI=1S/C27H24N4O3/c1-16(2)30-10-9-28-25(30)23-5-4-6-24(29-23)31-15-19-8-7-18(14-22(19)26(31)32)20-11-17(3)12-21(13-20)27(33)34/h4-14,16H,15H2,1-3H3,(H,33,34). The zero-order valence-electron chi connectivity index (χ0n) is 19.2. The van der Waals surface area contributed by atoms with E-state index in [1.165, 1.54) is 0 Å². The summed E-state index contributed by atoms with van der Waals surface area (Å²) in [4.78, 5) is 35.7. The molecule has 0 fully saturated rings. The number of rotatable bonds is 5. The van der Waals surface area contributed by atoms with Crippen LogP contribution in [0, 0.1) is 6.92 Å². The third-order valence-corrected chi connectivity index (χ3v) is 6.04. The van der Waals surface area contributed by atoms with E-state index in [9.17, 15) is 14.7 Å². The Morgan fingerprint density at radius 3 is 2.65 bits per heavy atom. The van der Waals surface area contributed by atoms with Crippen molar-refractivity contribution in [3.63, 3.8) is 0 Å². The fourth-order valence-corrected chi connectivity index (χ4v) is 4.37. The van der Waals surface area contributed by atoms with Crippen molar-refractivity contribution in [1.29, 1.82) is 0 Å². The van der Waals surface area contributed by atoms with Gasteiger partial charge in [-0.1, -0.05) is 24.3 Å². The fraction of sp³-hybridized carbons (Fsp3) is 0.185. The summed E-state index contributed by atoms with van der Waals surface area (Å²) in [7, 11) is 0. The number of aromatic nitrogens is 3. The molecule has 170 valence electrons. The predicted octanol–water partition coefficient (Wildman–Crippen LogP) is 5.36. The van der Waals surface area contributed by atoms with Crippen molar-refractivity contribution in [3.05, 3.63) is 89.2 Å². The Labute approximate surface area is 197 Å². The van der Waals surface area contributed by atoms with E-state index >= 15 is 0 Å². The topological polar surface area (TPSA) is 88.3 Å². The maximum absolute atomic E-state index is 13.4. The zero-order valence-corrected chi connectivity index (χ0v) is 19.2. The van der Waals surface area contributed by atoms with Gasteiger partial charge < -0.3 is 9.67 Å². The Hall–Kier alpha value is -4.26. The summed E-state index contributed by atoms with van der Waals surface area (Å²) >= 11 is 0. The van der Waals surface area contributed by atoms with Crippen LogP contribution < -0.4 is 4.90 Å². The van der Waals surface area contributed by atoms with Crippen LogP contribution in [-0.4, -0.2) is 31.5 Å². The highest BCUT2D eigenvalue weighted by Gasteiger charge is 2.30. The number of anilines is 1. The summed E-state index contributed by atoms with van der Waals surface area (Å²) in [6.45, 7) is 6.46. The molecule has 0 unspecified atom stereocenters. The number of aromatic carboxylic acids is 1. The number of hydrogen-bond acceptors (Lipinski definition) is 4. The lowest BCUT2D eigenvalue weighted by Crippen LogP contribution is -2.24. The minimum atomic E-state index is -0.975. The van der Waals surface area contributed by atoms with Crippen LogP contribution in [-0.2, 0) is 6.54 Å². The monoisotopic (exact) mass is 452 g/mol. The normalized spacial score (nSPS) is 12.9. The maximum Gasteiger partial charge on any atom is 0.335 e. The van der Waals surface area contributed by atoms with Gasteiger partial charge in [-0.05, 0) is 73.4 Å². The highest BCUT2D eigenvalue weighted by Crippen LogP contribution is 2.32. The maximum atomic E-state index is 13.4. The largest absolute Gasteiger partial charge is 0.478 e. The van der Waals surface area contributed by atoms with E-state index in [1.54, 1.807) is 23.2 Å². The Bertz CT molecular complexity index is 1440. The van der Waals surface area contributed by atoms with Crippen LogP contribution in [0.3, 0.4) is 0 Å². The average molecular weight is 453 g/mol. The number of amides is 1. The van der Waals surface area contributed by atoms with Gasteiger partial charge in [0.2, 0.25) is 0 Å². The molecular formula is C27H24N4O3. The van der Waals surface area contributed by atoms with Crippen molar-refractivity contribution >= 4 is 17.7 Å².